The van der Waals surface area contributed by atoms with Gasteiger partial charge in [0.05, 0.1) is 10.4 Å². The van der Waals surface area contributed by atoms with Gasteiger partial charge in [0, 0.05) is 44.2 Å². The molecule has 0 aliphatic carbocycles. The summed E-state index contributed by atoms with van der Waals surface area (Å²) in [6.45, 7) is 3.38. The molecule has 144 valence electrons. The number of anilines is 2. The molecule has 0 radical (unpaired) electrons. The van der Waals surface area contributed by atoms with Crippen molar-refractivity contribution in [3.63, 3.8) is 0 Å². The maximum Gasteiger partial charge on any atom is 0.293 e. The Morgan fingerprint density at radius 1 is 1.18 bits per heavy atom. The molecule has 0 amide bonds. The molecule has 2 heterocycles. The summed E-state index contributed by atoms with van der Waals surface area (Å²) in [6.07, 6.45) is 1.43. The molecule has 1 fully saturated rings. The van der Waals surface area contributed by atoms with Crippen molar-refractivity contribution in [2.24, 2.45) is 0 Å². The molecule has 3 aromatic rings. The molecule has 28 heavy (non-hydrogen) atoms. The molecular formula is C19H19FN6O2. The van der Waals surface area contributed by atoms with E-state index in [2.05, 4.69) is 20.6 Å². The summed E-state index contributed by atoms with van der Waals surface area (Å²) in [6, 6.07) is 9.41. The van der Waals surface area contributed by atoms with Gasteiger partial charge in [0.1, 0.15) is 23.6 Å². The van der Waals surface area contributed by atoms with Crippen LogP contribution < -0.4 is 15.5 Å². The number of fused-ring (bicyclic) bond motifs is 1. The summed E-state index contributed by atoms with van der Waals surface area (Å²) in [4.78, 5) is 21.9. The lowest BCUT2D eigenvalue weighted by molar-refractivity contribution is -0.384. The highest BCUT2D eigenvalue weighted by atomic mass is 19.1. The fraction of sp³-hybridized carbons (Fsp3) is 0.263. The van der Waals surface area contributed by atoms with E-state index in [1.165, 1.54) is 24.5 Å². The Kier molecular flexibility index (Phi) is 4.98. The minimum Gasteiger partial charge on any atom is -0.365 e. The number of piperazine rings is 1. The first kappa shape index (κ1) is 18.1. The van der Waals surface area contributed by atoms with Crippen LogP contribution in [0.4, 0.5) is 21.6 Å². The summed E-state index contributed by atoms with van der Waals surface area (Å²) >= 11 is 0. The first-order chi connectivity index (χ1) is 13.6. The van der Waals surface area contributed by atoms with Gasteiger partial charge in [-0.1, -0.05) is 12.1 Å². The average molecular weight is 382 g/mol. The molecule has 0 bridgehead atoms. The molecule has 0 atom stereocenters. The topological polar surface area (TPSA) is 96.2 Å². The normalized spacial score (nSPS) is 14.2. The molecule has 2 N–H and O–H groups in total. The van der Waals surface area contributed by atoms with E-state index in [0.29, 0.717) is 42.0 Å². The molecule has 0 unspecified atom stereocenters. The van der Waals surface area contributed by atoms with E-state index in [0.717, 1.165) is 18.7 Å². The van der Waals surface area contributed by atoms with Crippen molar-refractivity contribution < 1.29 is 9.31 Å². The Bertz CT molecular complexity index is 1010. The average Bonchev–Trinajstić information content (AvgIpc) is 2.73. The SMILES string of the molecule is O=[N+]([O-])c1cc2c(NCc3ccc(F)cc3)ncnc2cc1N1CCNCC1. The van der Waals surface area contributed by atoms with Gasteiger partial charge in [0.25, 0.3) is 5.69 Å². The van der Waals surface area contributed by atoms with Gasteiger partial charge in [0.2, 0.25) is 0 Å². The number of nitro groups is 1. The zero-order valence-corrected chi connectivity index (χ0v) is 15.1. The van der Waals surface area contributed by atoms with Crippen molar-refractivity contribution in [1.29, 1.82) is 0 Å². The number of benzene rings is 2. The third-order valence-electron chi connectivity index (χ3n) is 4.76. The van der Waals surface area contributed by atoms with Gasteiger partial charge in [-0.2, -0.15) is 0 Å². The summed E-state index contributed by atoms with van der Waals surface area (Å²) in [5.74, 6) is 0.205. The Hall–Kier alpha value is -3.33. The van der Waals surface area contributed by atoms with Gasteiger partial charge in [-0.25, -0.2) is 14.4 Å². The highest BCUT2D eigenvalue weighted by Gasteiger charge is 2.23. The Labute approximate surface area is 160 Å². The maximum atomic E-state index is 13.1. The second kappa shape index (κ2) is 7.73. The number of nitro benzene ring substituents is 1. The molecule has 4 rings (SSSR count). The molecule has 2 aromatic carbocycles. The minimum atomic E-state index is -0.367. The lowest BCUT2D eigenvalue weighted by Crippen LogP contribution is -2.43. The lowest BCUT2D eigenvalue weighted by Gasteiger charge is -2.29. The standard InChI is InChI=1S/C19H19FN6O2/c20-14-3-1-13(2-4-14)11-22-19-15-9-18(26(27)28)17(10-16(15)23-12-24-19)25-7-5-21-6-8-25/h1-4,9-10,12,21H,5-8,11H2,(H,22,23,24). The van der Waals surface area contributed by atoms with Gasteiger partial charge < -0.3 is 15.5 Å². The molecule has 0 saturated carbocycles. The van der Waals surface area contributed by atoms with Crippen LogP contribution in [-0.2, 0) is 6.54 Å². The molecular weight excluding hydrogens is 363 g/mol. The van der Waals surface area contributed by atoms with E-state index >= 15 is 0 Å². The van der Waals surface area contributed by atoms with Crippen molar-refractivity contribution in [2.45, 2.75) is 6.54 Å². The highest BCUT2D eigenvalue weighted by Crippen LogP contribution is 2.34. The van der Waals surface area contributed by atoms with Crippen LogP contribution in [0.15, 0.2) is 42.7 Å². The summed E-state index contributed by atoms with van der Waals surface area (Å²) < 4.78 is 13.1. The van der Waals surface area contributed by atoms with Crippen molar-refractivity contribution >= 4 is 28.1 Å². The highest BCUT2D eigenvalue weighted by molar-refractivity contribution is 5.94. The van der Waals surface area contributed by atoms with Gasteiger partial charge in [0.15, 0.2) is 0 Å². The van der Waals surface area contributed by atoms with Gasteiger partial charge in [-0.3, -0.25) is 10.1 Å². The van der Waals surface area contributed by atoms with E-state index in [1.807, 2.05) is 4.90 Å². The van der Waals surface area contributed by atoms with Crippen LogP contribution in [0, 0.1) is 15.9 Å². The number of rotatable bonds is 5. The summed E-state index contributed by atoms with van der Waals surface area (Å²) in [5.41, 5.74) is 2.12. The monoisotopic (exact) mass is 382 g/mol. The van der Waals surface area contributed by atoms with E-state index in [9.17, 15) is 14.5 Å². The van der Waals surface area contributed by atoms with Crippen molar-refractivity contribution in [2.75, 3.05) is 36.4 Å². The smallest absolute Gasteiger partial charge is 0.293 e. The first-order valence-corrected chi connectivity index (χ1v) is 8.99. The first-order valence-electron chi connectivity index (χ1n) is 8.99. The second-order valence-corrected chi connectivity index (χ2v) is 6.55. The van der Waals surface area contributed by atoms with Gasteiger partial charge >= 0.3 is 0 Å². The zero-order valence-electron chi connectivity index (χ0n) is 15.1. The van der Waals surface area contributed by atoms with Crippen LogP contribution in [0.3, 0.4) is 0 Å². The fourth-order valence-electron chi connectivity index (χ4n) is 3.31. The number of hydrogen-bond acceptors (Lipinski definition) is 7. The third kappa shape index (κ3) is 3.70. The molecule has 8 nitrogen and oxygen atoms in total. The minimum absolute atomic E-state index is 0.0361. The Morgan fingerprint density at radius 3 is 2.64 bits per heavy atom. The number of nitrogens with one attached hydrogen (secondary N) is 2. The maximum absolute atomic E-state index is 13.1. The molecule has 1 aliphatic rings. The van der Waals surface area contributed by atoms with Crippen LogP contribution >= 0.6 is 0 Å². The third-order valence-corrected chi connectivity index (χ3v) is 4.76. The molecule has 9 heteroatoms. The van der Waals surface area contributed by atoms with Gasteiger partial charge in [-0.15, -0.1) is 0 Å². The molecule has 1 aliphatic heterocycles. The van der Waals surface area contributed by atoms with E-state index in [1.54, 1.807) is 18.2 Å². The predicted molar refractivity (Wildman–Crippen MR) is 105 cm³/mol. The van der Waals surface area contributed by atoms with E-state index in [4.69, 9.17) is 0 Å². The van der Waals surface area contributed by atoms with Crippen LogP contribution in [0.1, 0.15) is 5.56 Å². The van der Waals surface area contributed by atoms with Crippen LogP contribution in [0.5, 0.6) is 0 Å². The summed E-state index contributed by atoms with van der Waals surface area (Å²) in [5, 5.41) is 18.7. The van der Waals surface area contributed by atoms with Crippen molar-refractivity contribution in [1.82, 2.24) is 15.3 Å². The van der Waals surface area contributed by atoms with Crippen LogP contribution in [0.2, 0.25) is 0 Å². The molecule has 1 aromatic heterocycles. The van der Waals surface area contributed by atoms with Crippen LogP contribution in [0.25, 0.3) is 10.9 Å². The van der Waals surface area contributed by atoms with E-state index < -0.39 is 0 Å². The molecule has 0 spiro atoms. The van der Waals surface area contributed by atoms with Crippen molar-refractivity contribution in [3.8, 4) is 0 Å². The predicted octanol–water partition coefficient (Wildman–Crippen LogP) is 2.70. The summed E-state index contributed by atoms with van der Waals surface area (Å²) in [7, 11) is 0. The van der Waals surface area contributed by atoms with E-state index in [-0.39, 0.29) is 16.4 Å². The second-order valence-electron chi connectivity index (χ2n) is 6.55. The number of nitrogens with zero attached hydrogens (tertiary/aromatic N) is 4. The number of hydrogen-bond donors (Lipinski definition) is 2. The quantitative estimate of drug-likeness (QED) is 0.517. The van der Waals surface area contributed by atoms with Gasteiger partial charge in [-0.05, 0) is 23.8 Å². The zero-order chi connectivity index (χ0) is 19.5. The number of halogens is 1. The lowest BCUT2D eigenvalue weighted by atomic mass is 10.1. The number of aromatic nitrogens is 2. The Morgan fingerprint density at radius 2 is 1.93 bits per heavy atom. The van der Waals surface area contributed by atoms with Crippen molar-refractivity contribution in [3.05, 3.63) is 64.2 Å². The van der Waals surface area contributed by atoms with Crippen LogP contribution in [-0.4, -0.2) is 41.1 Å². The largest absolute Gasteiger partial charge is 0.365 e. The Balaban J connectivity index is 1.69. The molecule has 1 saturated heterocycles. The fourth-order valence-corrected chi connectivity index (χ4v) is 3.31.